The number of piperidine rings is 1. The van der Waals surface area contributed by atoms with Crippen LogP contribution in [-0.2, 0) is 4.84 Å². The Bertz CT molecular complexity index is 1290. The summed E-state index contributed by atoms with van der Waals surface area (Å²) in [5.74, 6) is 2.07. The van der Waals surface area contributed by atoms with Gasteiger partial charge in [0.05, 0.1) is 30.9 Å². The van der Waals surface area contributed by atoms with Gasteiger partial charge in [0.25, 0.3) is 0 Å². The highest BCUT2D eigenvalue weighted by molar-refractivity contribution is 6.03. The van der Waals surface area contributed by atoms with E-state index in [0.29, 0.717) is 5.92 Å². The van der Waals surface area contributed by atoms with E-state index in [2.05, 4.69) is 39.3 Å². The van der Waals surface area contributed by atoms with Crippen LogP contribution in [0.5, 0.6) is 5.75 Å². The molecule has 2 aromatic carbocycles. The van der Waals surface area contributed by atoms with Crippen molar-refractivity contribution in [1.82, 2.24) is 14.5 Å². The van der Waals surface area contributed by atoms with Gasteiger partial charge in [-0.3, -0.25) is 0 Å². The van der Waals surface area contributed by atoms with Crippen molar-refractivity contribution in [3.63, 3.8) is 0 Å². The minimum Gasteiger partial charge on any atom is -0.495 e. The van der Waals surface area contributed by atoms with E-state index in [-0.39, 0.29) is 18.0 Å². The van der Waals surface area contributed by atoms with Gasteiger partial charge in [0.15, 0.2) is 11.9 Å². The molecule has 35 heavy (non-hydrogen) atoms. The number of amidine groups is 1. The van der Waals surface area contributed by atoms with Crippen LogP contribution in [0.1, 0.15) is 48.6 Å². The standard InChI is InChI=1S/C28H29FN4O2/c1-18-16-32(17-30-18)24-12-5-19(15-25(24)34-2)14-22-4-3-13-33-26(20-6-7-20)27(35-31-28(22)33)21-8-10-23(29)11-9-21/h5,8-12,14-17,20,26-27H,3-4,6-7,13H2,1-2H3/b22-14+/t26-,27-/m0/s1. The van der Waals surface area contributed by atoms with Crippen LogP contribution in [0.2, 0.25) is 0 Å². The van der Waals surface area contributed by atoms with Crippen molar-refractivity contribution in [1.29, 1.82) is 0 Å². The molecule has 2 aliphatic heterocycles. The number of aromatic nitrogens is 2. The van der Waals surface area contributed by atoms with Crippen molar-refractivity contribution < 1.29 is 14.0 Å². The Hall–Kier alpha value is -3.61. The Morgan fingerprint density at radius 2 is 1.97 bits per heavy atom. The van der Waals surface area contributed by atoms with E-state index >= 15 is 0 Å². The second-order valence-corrected chi connectivity index (χ2v) is 9.64. The van der Waals surface area contributed by atoms with E-state index < -0.39 is 0 Å². The summed E-state index contributed by atoms with van der Waals surface area (Å²) in [6, 6.07) is 13.1. The maximum absolute atomic E-state index is 13.5. The number of ether oxygens (including phenoxy) is 1. The molecule has 1 saturated carbocycles. The van der Waals surface area contributed by atoms with Gasteiger partial charge in [0.1, 0.15) is 11.6 Å². The average molecular weight is 473 g/mol. The number of rotatable bonds is 5. The van der Waals surface area contributed by atoms with E-state index in [1.165, 1.54) is 30.5 Å². The monoisotopic (exact) mass is 472 g/mol. The maximum Gasteiger partial charge on any atom is 0.173 e. The molecule has 2 fully saturated rings. The molecule has 0 unspecified atom stereocenters. The highest BCUT2D eigenvalue weighted by Gasteiger charge is 2.47. The lowest BCUT2D eigenvalue weighted by Gasteiger charge is -2.44. The number of hydrogen-bond acceptors (Lipinski definition) is 5. The number of benzene rings is 2. The van der Waals surface area contributed by atoms with Crippen LogP contribution in [0.15, 0.2) is 65.7 Å². The SMILES string of the molecule is COc1cc(/C=C2\CCCN3C2=NO[C@@H](c2ccc(F)cc2)[C@@H]3C2CC2)ccc1-n1cnc(C)c1. The summed E-state index contributed by atoms with van der Waals surface area (Å²) in [6.45, 7) is 2.93. The summed E-state index contributed by atoms with van der Waals surface area (Å²) in [5, 5.41) is 4.62. The number of hydrogen-bond donors (Lipinski definition) is 0. The topological polar surface area (TPSA) is 51.9 Å². The van der Waals surface area contributed by atoms with Gasteiger partial charge in [-0.2, -0.15) is 0 Å². The molecule has 7 heteroatoms. The molecule has 1 saturated heterocycles. The molecule has 3 heterocycles. The largest absolute Gasteiger partial charge is 0.495 e. The molecule has 180 valence electrons. The molecule has 1 aromatic heterocycles. The van der Waals surface area contributed by atoms with Crippen molar-refractivity contribution in [2.75, 3.05) is 13.7 Å². The number of aryl methyl sites for hydroxylation is 1. The predicted octanol–water partition coefficient (Wildman–Crippen LogP) is 5.67. The van der Waals surface area contributed by atoms with Crippen LogP contribution in [-0.4, -0.2) is 40.0 Å². The second-order valence-electron chi connectivity index (χ2n) is 9.64. The Labute approximate surface area is 204 Å². The normalized spacial score (nSPS) is 23.0. The lowest BCUT2D eigenvalue weighted by atomic mass is 9.91. The van der Waals surface area contributed by atoms with E-state index in [1.807, 2.05) is 29.8 Å². The van der Waals surface area contributed by atoms with Gasteiger partial charge in [0.2, 0.25) is 0 Å². The van der Waals surface area contributed by atoms with Gasteiger partial charge in [0, 0.05) is 12.7 Å². The number of fused-ring (bicyclic) bond motifs is 1. The lowest BCUT2D eigenvalue weighted by Crippen LogP contribution is -2.51. The van der Waals surface area contributed by atoms with E-state index in [0.717, 1.165) is 53.5 Å². The first-order valence-corrected chi connectivity index (χ1v) is 12.3. The summed E-state index contributed by atoms with van der Waals surface area (Å²) >= 11 is 0. The molecule has 0 bridgehead atoms. The van der Waals surface area contributed by atoms with Gasteiger partial charge in [-0.25, -0.2) is 9.37 Å². The maximum atomic E-state index is 13.5. The van der Waals surface area contributed by atoms with Gasteiger partial charge in [-0.15, -0.1) is 0 Å². The van der Waals surface area contributed by atoms with Crippen molar-refractivity contribution in [3.8, 4) is 11.4 Å². The zero-order valence-electron chi connectivity index (χ0n) is 20.0. The first-order valence-electron chi connectivity index (χ1n) is 12.3. The minimum atomic E-state index is -0.232. The molecule has 6 nitrogen and oxygen atoms in total. The van der Waals surface area contributed by atoms with Crippen molar-refractivity contribution in [2.24, 2.45) is 11.1 Å². The van der Waals surface area contributed by atoms with Crippen LogP contribution >= 0.6 is 0 Å². The summed E-state index contributed by atoms with van der Waals surface area (Å²) in [6.07, 6.45) is 10.2. The number of methoxy groups -OCH3 is 1. The smallest absolute Gasteiger partial charge is 0.173 e. The molecule has 0 spiro atoms. The summed E-state index contributed by atoms with van der Waals surface area (Å²) < 4.78 is 21.2. The average Bonchev–Trinajstić information content (AvgIpc) is 3.63. The third-order valence-corrected chi connectivity index (χ3v) is 7.17. The Morgan fingerprint density at radius 1 is 1.14 bits per heavy atom. The number of oxime groups is 1. The van der Waals surface area contributed by atoms with E-state index in [1.54, 1.807) is 13.4 Å². The summed E-state index contributed by atoms with van der Waals surface area (Å²) in [7, 11) is 1.69. The molecule has 0 amide bonds. The van der Waals surface area contributed by atoms with Gasteiger partial charge < -0.3 is 19.0 Å². The van der Waals surface area contributed by atoms with Crippen LogP contribution in [0.3, 0.4) is 0 Å². The molecule has 3 aliphatic rings. The Balaban J connectivity index is 1.32. The fourth-order valence-corrected chi connectivity index (χ4v) is 5.31. The van der Waals surface area contributed by atoms with Gasteiger partial charge in [-0.05, 0) is 85.6 Å². The van der Waals surface area contributed by atoms with E-state index in [4.69, 9.17) is 9.57 Å². The fraction of sp³-hybridized carbons (Fsp3) is 0.357. The molecule has 2 atom stereocenters. The third-order valence-electron chi connectivity index (χ3n) is 7.17. The van der Waals surface area contributed by atoms with Gasteiger partial charge in [-0.1, -0.05) is 23.4 Å². The lowest BCUT2D eigenvalue weighted by molar-refractivity contribution is -0.0293. The molecular weight excluding hydrogens is 443 g/mol. The second kappa shape index (κ2) is 8.87. The third kappa shape index (κ3) is 4.20. The molecule has 0 radical (unpaired) electrons. The molecule has 0 N–H and O–H groups in total. The molecule has 1 aliphatic carbocycles. The Kier molecular flexibility index (Phi) is 5.55. The van der Waals surface area contributed by atoms with E-state index in [9.17, 15) is 4.39 Å². The van der Waals surface area contributed by atoms with Crippen LogP contribution in [0.25, 0.3) is 11.8 Å². The highest BCUT2D eigenvalue weighted by atomic mass is 19.1. The zero-order chi connectivity index (χ0) is 23.9. The van der Waals surface area contributed by atoms with Crippen LogP contribution in [0.4, 0.5) is 4.39 Å². The zero-order valence-corrected chi connectivity index (χ0v) is 20.0. The predicted molar refractivity (Wildman–Crippen MR) is 133 cm³/mol. The van der Waals surface area contributed by atoms with Gasteiger partial charge >= 0.3 is 0 Å². The van der Waals surface area contributed by atoms with Crippen molar-refractivity contribution >= 4 is 11.9 Å². The fourth-order valence-electron chi connectivity index (χ4n) is 5.31. The van der Waals surface area contributed by atoms with Crippen molar-refractivity contribution in [2.45, 2.75) is 44.8 Å². The quantitative estimate of drug-likeness (QED) is 0.480. The summed E-state index contributed by atoms with van der Waals surface area (Å²) in [5.41, 5.74) is 5.13. The van der Waals surface area contributed by atoms with Crippen LogP contribution in [0, 0.1) is 18.7 Å². The minimum absolute atomic E-state index is 0.177. The number of halogens is 1. The number of imidazole rings is 1. The molecule has 3 aromatic rings. The summed E-state index contributed by atoms with van der Waals surface area (Å²) in [4.78, 5) is 12.9. The molecule has 6 rings (SSSR count). The highest BCUT2D eigenvalue weighted by Crippen LogP contribution is 2.46. The Morgan fingerprint density at radius 3 is 2.69 bits per heavy atom. The first-order chi connectivity index (χ1) is 17.1. The first kappa shape index (κ1) is 21.9. The van der Waals surface area contributed by atoms with Crippen LogP contribution < -0.4 is 4.74 Å². The molecular formula is C28H29FN4O2. The van der Waals surface area contributed by atoms with Crippen molar-refractivity contribution in [3.05, 3.63) is 83.2 Å². The number of nitrogens with zero attached hydrogens (tertiary/aromatic N) is 4.